The SMILES string of the molecule is C/C(C(=O)NC(C)(C)C(=O)O)=C(/O)[C@@H]1Oc2c(O)ccc3c2[C@@]12CCN(CC1CC1)[C@H](C3)[C@@]2(C)O. The molecule has 0 aromatic heterocycles. The van der Waals surface area contributed by atoms with E-state index in [1.807, 2.05) is 6.07 Å². The van der Waals surface area contributed by atoms with Crippen molar-refractivity contribution in [2.75, 3.05) is 13.1 Å². The van der Waals surface area contributed by atoms with Gasteiger partial charge in [-0.2, -0.15) is 0 Å². The van der Waals surface area contributed by atoms with Crippen molar-refractivity contribution >= 4 is 11.9 Å². The number of benzene rings is 1. The summed E-state index contributed by atoms with van der Waals surface area (Å²) in [6, 6.07) is 3.22. The summed E-state index contributed by atoms with van der Waals surface area (Å²) in [5.74, 6) is -1.54. The second kappa shape index (κ2) is 7.61. The van der Waals surface area contributed by atoms with Crippen LogP contribution in [-0.4, -0.2) is 73.6 Å². The number of aliphatic carboxylic acids is 1. The van der Waals surface area contributed by atoms with E-state index in [0.717, 1.165) is 12.1 Å². The highest BCUT2D eigenvalue weighted by Gasteiger charge is 2.69. The third-order valence-corrected chi connectivity index (χ3v) is 8.68. The number of aliphatic hydroxyl groups excluding tert-OH is 1. The number of carbonyl (C=O) groups is 2. The average Bonchev–Trinajstić information content (AvgIpc) is 3.51. The predicted octanol–water partition coefficient (Wildman–Crippen LogP) is 1.99. The van der Waals surface area contributed by atoms with Gasteiger partial charge in [0.1, 0.15) is 11.3 Å². The molecule has 4 atom stereocenters. The summed E-state index contributed by atoms with van der Waals surface area (Å²) in [6.45, 7) is 7.49. The van der Waals surface area contributed by atoms with E-state index >= 15 is 0 Å². The number of piperidine rings is 1. The molecule has 35 heavy (non-hydrogen) atoms. The number of carboxylic acid groups (broad SMARTS) is 1. The molecule has 0 radical (unpaired) electrons. The smallest absolute Gasteiger partial charge is 0.328 e. The zero-order valence-electron chi connectivity index (χ0n) is 20.6. The Hall–Kier alpha value is -2.78. The van der Waals surface area contributed by atoms with Gasteiger partial charge in [-0.1, -0.05) is 6.07 Å². The molecule has 5 N–H and O–H groups in total. The van der Waals surface area contributed by atoms with Crippen molar-refractivity contribution in [2.45, 2.75) is 82.1 Å². The first-order chi connectivity index (χ1) is 16.3. The molecule has 2 aliphatic heterocycles. The Kier molecular flexibility index (Phi) is 5.20. The standard InChI is InChI=1S/C26H34N2O7/c1-13(22(31)27-24(2,3)23(32)33)19(30)21-26-9-10-28(12-14-5-6-14)17(25(26,4)34)11-15-7-8-16(29)20(35-21)18(15)26/h7-8,14,17,21,29-30,34H,5-6,9-12H2,1-4H3,(H,27,31)(H,32,33)/b19-13-/t17-,21+,25-,26+/m1/s1. The molecule has 2 bridgehead atoms. The van der Waals surface area contributed by atoms with Crippen molar-refractivity contribution in [3.8, 4) is 11.5 Å². The van der Waals surface area contributed by atoms with Crippen LogP contribution in [0.1, 0.15) is 58.1 Å². The zero-order valence-corrected chi connectivity index (χ0v) is 20.6. The number of aliphatic hydroxyl groups is 2. The molecule has 9 nitrogen and oxygen atoms in total. The van der Waals surface area contributed by atoms with Crippen LogP contribution in [0, 0.1) is 5.92 Å². The summed E-state index contributed by atoms with van der Waals surface area (Å²) >= 11 is 0. The molecule has 1 saturated carbocycles. The number of carboxylic acids is 1. The number of carbonyl (C=O) groups excluding carboxylic acids is 1. The minimum absolute atomic E-state index is 0.0813. The van der Waals surface area contributed by atoms with Crippen molar-refractivity contribution in [3.63, 3.8) is 0 Å². The summed E-state index contributed by atoms with van der Waals surface area (Å²) in [6.07, 6.45) is 2.35. The fourth-order valence-corrected chi connectivity index (χ4v) is 6.32. The maximum Gasteiger partial charge on any atom is 0.328 e. The summed E-state index contributed by atoms with van der Waals surface area (Å²) in [5, 5.41) is 46.0. The molecule has 2 aliphatic carbocycles. The van der Waals surface area contributed by atoms with E-state index in [9.17, 15) is 30.0 Å². The number of hydrogen-bond donors (Lipinski definition) is 5. The molecule has 9 heteroatoms. The summed E-state index contributed by atoms with van der Waals surface area (Å²) in [7, 11) is 0. The maximum absolute atomic E-state index is 12.9. The third kappa shape index (κ3) is 3.35. The minimum atomic E-state index is -1.54. The van der Waals surface area contributed by atoms with E-state index in [0.29, 0.717) is 30.9 Å². The van der Waals surface area contributed by atoms with Crippen LogP contribution < -0.4 is 10.1 Å². The molecule has 1 saturated heterocycles. The number of rotatable bonds is 6. The highest BCUT2D eigenvalue weighted by Crippen LogP contribution is 2.63. The van der Waals surface area contributed by atoms with Crippen LogP contribution in [0.25, 0.3) is 0 Å². The number of phenols is 1. The number of nitrogens with one attached hydrogen (secondary N) is 1. The molecule has 5 rings (SSSR count). The molecule has 1 aromatic rings. The Bertz CT molecular complexity index is 1140. The van der Waals surface area contributed by atoms with Crippen molar-refractivity contribution in [2.24, 2.45) is 5.92 Å². The lowest BCUT2D eigenvalue weighted by atomic mass is 9.53. The van der Waals surface area contributed by atoms with Crippen LogP contribution in [0.5, 0.6) is 11.5 Å². The van der Waals surface area contributed by atoms with Crippen LogP contribution in [0.15, 0.2) is 23.5 Å². The molecule has 1 spiro atoms. The predicted molar refractivity (Wildman–Crippen MR) is 126 cm³/mol. The fraction of sp³-hybridized carbons (Fsp3) is 0.615. The van der Waals surface area contributed by atoms with Crippen LogP contribution in [0.4, 0.5) is 0 Å². The lowest BCUT2D eigenvalue weighted by Crippen LogP contribution is -2.73. The Morgan fingerprint density at radius 2 is 1.94 bits per heavy atom. The van der Waals surface area contributed by atoms with Gasteiger partial charge in [0, 0.05) is 18.2 Å². The quantitative estimate of drug-likeness (QED) is 0.304. The van der Waals surface area contributed by atoms with Gasteiger partial charge in [-0.3, -0.25) is 9.69 Å². The Morgan fingerprint density at radius 1 is 1.26 bits per heavy atom. The van der Waals surface area contributed by atoms with Gasteiger partial charge in [0.2, 0.25) is 0 Å². The highest BCUT2D eigenvalue weighted by atomic mass is 16.5. The van der Waals surface area contributed by atoms with Gasteiger partial charge in [0.15, 0.2) is 17.6 Å². The lowest BCUT2D eigenvalue weighted by Gasteiger charge is -2.59. The number of amides is 1. The molecule has 1 aromatic carbocycles. The van der Waals surface area contributed by atoms with Gasteiger partial charge in [-0.15, -0.1) is 0 Å². The molecule has 2 heterocycles. The summed E-state index contributed by atoms with van der Waals surface area (Å²) in [4.78, 5) is 26.7. The van der Waals surface area contributed by atoms with Gasteiger partial charge in [-0.05, 0) is 77.5 Å². The van der Waals surface area contributed by atoms with E-state index in [1.54, 1.807) is 13.0 Å². The number of nitrogens with zero attached hydrogens (tertiary/aromatic N) is 1. The second-order valence-electron chi connectivity index (χ2n) is 11.4. The first kappa shape index (κ1) is 23.9. The Balaban J connectivity index is 1.60. The van der Waals surface area contributed by atoms with Crippen molar-refractivity contribution < 1.29 is 34.8 Å². The molecule has 4 aliphatic rings. The third-order valence-electron chi connectivity index (χ3n) is 8.68. The number of fused-ring (bicyclic) bond motifs is 1. The highest BCUT2D eigenvalue weighted by molar-refractivity contribution is 5.97. The van der Waals surface area contributed by atoms with Crippen molar-refractivity contribution in [1.29, 1.82) is 0 Å². The maximum atomic E-state index is 12.9. The summed E-state index contributed by atoms with van der Waals surface area (Å²) < 4.78 is 6.18. The van der Waals surface area contributed by atoms with Crippen LogP contribution in [0.2, 0.25) is 0 Å². The van der Waals surface area contributed by atoms with Gasteiger partial charge in [0.05, 0.1) is 16.6 Å². The molecule has 1 amide bonds. The molecular weight excluding hydrogens is 452 g/mol. The summed E-state index contributed by atoms with van der Waals surface area (Å²) in [5.41, 5.74) is -2.38. The first-order valence-corrected chi connectivity index (χ1v) is 12.2. The van der Waals surface area contributed by atoms with E-state index < -0.39 is 34.5 Å². The monoisotopic (exact) mass is 486 g/mol. The normalized spacial score (nSPS) is 32.4. The minimum Gasteiger partial charge on any atom is -0.508 e. The van der Waals surface area contributed by atoms with E-state index in [-0.39, 0.29) is 28.9 Å². The number of aromatic hydroxyl groups is 1. The van der Waals surface area contributed by atoms with E-state index in [2.05, 4.69) is 10.2 Å². The van der Waals surface area contributed by atoms with Gasteiger partial charge in [-0.25, -0.2) is 4.79 Å². The molecule has 0 unspecified atom stereocenters. The van der Waals surface area contributed by atoms with Crippen molar-refractivity contribution in [1.82, 2.24) is 10.2 Å². The lowest BCUT2D eigenvalue weighted by molar-refractivity contribution is -0.153. The topological polar surface area (TPSA) is 140 Å². The zero-order chi connectivity index (χ0) is 25.5. The number of phenolic OH excluding ortho intramolecular Hbond substituents is 1. The Morgan fingerprint density at radius 3 is 2.57 bits per heavy atom. The van der Waals surface area contributed by atoms with Crippen LogP contribution in [-0.2, 0) is 21.4 Å². The van der Waals surface area contributed by atoms with Crippen LogP contribution in [0.3, 0.4) is 0 Å². The second-order valence-corrected chi connectivity index (χ2v) is 11.4. The fourth-order valence-electron chi connectivity index (χ4n) is 6.32. The average molecular weight is 487 g/mol. The molecule has 2 fully saturated rings. The van der Waals surface area contributed by atoms with Gasteiger partial charge < -0.3 is 30.5 Å². The van der Waals surface area contributed by atoms with E-state index in [1.165, 1.54) is 33.6 Å². The van der Waals surface area contributed by atoms with Crippen molar-refractivity contribution in [3.05, 3.63) is 34.6 Å². The first-order valence-electron chi connectivity index (χ1n) is 12.2. The number of ether oxygens (including phenoxy) is 1. The number of hydrogen-bond acceptors (Lipinski definition) is 7. The van der Waals surface area contributed by atoms with Gasteiger partial charge in [0.25, 0.3) is 5.91 Å². The Labute approximate surface area is 204 Å². The number of likely N-dealkylation sites (tertiary alicyclic amines) is 1. The molecule has 190 valence electrons. The largest absolute Gasteiger partial charge is 0.508 e. The van der Waals surface area contributed by atoms with E-state index in [4.69, 9.17) is 4.74 Å². The van der Waals surface area contributed by atoms with Gasteiger partial charge >= 0.3 is 5.97 Å². The molecular formula is C26H34N2O7. The van der Waals surface area contributed by atoms with Crippen LogP contribution >= 0.6 is 0 Å².